The van der Waals surface area contributed by atoms with Crippen LogP contribution in [0.5, 0.6) is 0 Å². The van der Waals surface area contributed by atoms with Crippen LogP contribution in [0.3, 0.4) is 0 Å². The SMILES string of the molecule is CNCC(C(=O)O)c1cc(Br)ccc1C. The zero-order valence-corrected chi connectivity index (χ0v) is 10.3. The van der Waals surface area contributed by atoms with Crippen molar-refractivity contribution in [3.8, 4) is 0 Å². The van der Waals surface area contributed by atoms with Crippen LogP contribution in [0, 0.1) is 6.92 Å². The van der Waals surface area contributed by atoms with Gasteiger partial charge in [-0.1, -0.05) is 22.0 Å². The fourth-order valence-electron chi connectivity index (χ4n) is 1.52. The highest BCUT2D eigenvalue weighted by Crippen LogP contribution is 2.23. The number of hydrogen-bond donors (Lipinski definition) is 2. The lowest BCUT2D eigenvalue weighted by atomic mass is 9.95. The summed E-state index contributed by atoms with van der Waals surface area (Å²) in [7, 11) is 1.75. The second-order valence-corrected chi connectivity index (χ2v) is 4.37. The van der Waals surface area contributed by atoms with Gasteiger partial charge in [0.05, 0.1) is 5.92 Å². The Labute approximate surface area is 97.6 Å². The van der Waals surface area contributed by atoms with Gasteiger partial charge in [0.2, 0.25) is 0 Å². The molecule has 0 saturated heterocycles. The van der Waals surface area contributed by atoms with Crippen molar-refractivity contribution in [2.24, 2.45) is 0 Å². The molecule has 0 heterocycles. The minimum Gasteiger partial charge on any atom is -0.481 e. The second-order valence-electron chi connectivity index (χ2n) is 3.45. The van der Waals surface area contributed by atoms with E-state index in [0.29, 0.717) is 6.54 Å². The Hall–Kier alpha value is -0.870. The molecule has 0 bridgehead atoms. The quantitative estimate of drug-likeness (QED) is 0.882. The Kier molecular flexibility index (Phi) is 4.29. The molecular weight excluding hydrogens is 258 g/mol. The van der Waals surface area contributed by atoms with E-state index < -0.39 is 11.9 Å². The van der Waals surface area contributed by atoms with Crippen LogP contribution >= 0.6 is 15.9 Å². The van der Waals surface area contributed by atoms with E-state index in [0.717, 1.165) is 15.6 Å². The molecular formula is C11H14BrNO2. The van der Waals surface area contributed by atoms with Crippen LogP contribution in [0.4, 0.5) is 0 Å². The van der Waals surface area contributed by atoms with Crippen LogP contribution < -0.4 is 5.32 Å². The molecule has 0 fully saturated rings. The van der Waals surface area contributed by atoms with Crippen molar-refractivity contribution in [2.45, 2.75) is 12.8 Å². The minimum atomic E-state index is -0.800. The van der Waals surface area contributed by atoms with E-state index in [9.17, 15) is 4.79 Å². The molecule has 0 aliphatic heterocycles. The van der Waals surface area contributed by atoms with Crippen molar-refractivity contribution in [1.82, 2.24) is 5.32 Å². The van der Waals surface area contributed by atoms with Crippen molar-refractivity contribution >= 4 is 21.9 Å². The first kappa shape index (κ1) is 12.2. The number of likely N-dealkylation sites (N-methyl/N-ethyl adjacent to an activating group) is 1. The number of hydrogen-bond acceptors (Lipinski definition) is 2. The highest BCUT2D eigenvalue weighted by atomic mass is 79.9. The smallest absolute Gasteiger partial charge is 0.312 e. The molecule has 0 aliphatic carbocycles. The monoisotopic (exact) mass is 271 g/mol. The summed E-state index contributed by atoms with van der Waals surface area (Å²) in [5.74, 6) is -1.29. The molecule has 0 aromatic heterocycles. The van der Waals surface area contributed by atoms with Gasteiger partial charge in [-0.2, -0.15) is 0 Å². The van der Waals surface area contributed by atoms with Crippen molar-refractivity contribution in [3.63, 3.8) is 0 Å². The first-order valence-electron chi connectivity index (χ1n) is 4.69. The van der Waals surface area contributed by atoms with Gasteiger partial charge in [0.25, 0.3) is 0 Å². The fraction of sp³-hybridized carbons (Fsp3) is 0.364. The molecule has 82 valence electrons. The Morgan fingerprint density at radius 1 is 1.60 bits per heavy atom. The normalized spacial score (nSPS) is 12.5. The van der Waals surface area contributed by atoms with Gasteiger partial charge in [-0.25, -0.2) is 0 Å². The average molecular weight is 272 g/mol. The topological polar surface area (TPSA) is 49.3 Å². The highest BCUT2D eigenvalue weighted by molar-refractivity contribution is 9.10. The second kappa shape index (κ2) is 5.28. The number of nitrogens with one attached hydrogen (secondary N) is 1. The lowest BCUT2D eigenvalue weighted by Crippen LogP contribution is -2.24. The van der Waals surface area contributed by atoms with Gasteiger partial charge in [-0.05, 0) is 37.2 Å². The van der Waals surface area contributed by atoms with Gasteiger partial charge in [-0.3, -0.25) is 4.79 Å². The number of aryl methyl sites for hydroxylation is 1. The third-order valence-electron chi connectivity index (χ3n) is 2.32. The molecule has 0 amide bonds. The molecule has 1 atom stereocenters. The summed E-state index contributed by atoms with van der Waals surface area (Å²) in [5, 5.41) is 12.0. The summed E-state index contributed by atoms with van der Waals surface area (Å²) in [6, 6.07) is 5.70. The molecule has 1 unspecified atom stereocenters. The number of carbonyl (C=O) groups is 1. The third-order valence-corrected chi connectivity index (χ3v) is 2.82. The van der Waals surface area contributed by atoms with Gasteiger partial charge in [-0.15, -0.1) is 0 Å². The largest absolute Gasteiger partial charge is 0.481 e. The van der Waals surface area contributed by atoms with E-state index in [1.807, 2.05) is 25.1 Å². The maximum absolute atomic E-state index is 11.1. The van der Waals surface area contributed by atoms with Crippen LogP contribution in [-0.4, -0.2) is 24.7 Å². The fourth-order valence-corrected chi connectivity index (χ4v) is 1.90. The van der Waals surface area contributed by atoms with E-state index in [1.54, 1.807) is 7.05 Å². The zero-order chi connectivity index (χ0) is 11.4. The number of aliphatic carboxylic acids is 1. The summed E-state index contributed by atoms with van der Waals surface area (Å²) >= 11 is 3.35. The Morgan fingerprint density at radius 3 is 2.80 bits per heavy atom. The Morgan fingerprint density at radius 2 is 2.27 bits per heavy atom. The average Bonchev–Trinajstić information content (AvgIpc) is 2.18. The number of rotatable bonds is 4. The minimum absolute atomic E-state index is 0.437. The Bertz CT molecular complexity index is 366. The van der Waals surface area contributed by atoms with Crippen molar-refractivity contribution in [3.05, 3.63) is 33.8 Å². The van der Waals surface area contributed by atoms with Crippen LogP contribution in [0.25, 0.3) is 0 Å². The Balaban J connectivity index is 3.09. The van der Waals surface area contributed by atoms with E-state index in [1.165, 1.54) is 0 Å². The molecule has 0 saturated carbocycles. The predicted molar refractivity (Wildman–Crippen MR) is 63.2 cm³/mol. The highest BCUT2D eigenvalue weighted by Gasteiger charge is 2.20. The van der Waals surface area contributed by atoms with Gasteiger partial charge in [0, 0.05) is 11.0 Å². The van der Waals surface area contributed by atoms with Crippen molar-refractivity contribution in [2.75, 3.05) is 13.6 Å². The predicted octanol–water partition coefficient (Wildman–Crippen LogP) is 2.15. The van der Waals surface area contributed by atoms with Crippen LogP contribution in [-0.2, 0) is 4.79 Å². The lowest BCUT2D eigenvalue weighted by Gasteiger charge is -2.15. The van der Waals surface area contributed by atoms with Gasteiger partial charge in [0.1, 0.15) is 0 Å². The molecule has 4 heteroatoms. The molecule has 2 N–H and O–H groups in total. The van der Waals surface area contributed by atoms with E-state index in [2.05, 4.69) is 21.2 Å². The number of carboxylic acids is 1. The maximum atomic E-state index is 11.1. The summed E-state index contributed by atoms with van der Waals surface area (Å²) in [6.07, 6.45) is 0. The molecule has 1 aromatic carbocycles. The summed E-state index contributed by atoms with van der Waals surface area (Å²) in [6.45, 7) is 2.36. The first-order chi connectivity index (χ1) is 7.06. The van der Waals surface area contributed by atoms with Crippen LogP contribution in [0.2, 0.25) is 0 Å². The van der Waals surface area contributed by atoms with E-state index >= 15 is 0 Å². The lowest BCUT2D eigenvalue weighted by molar-refractivity contribution is -0.138. The van der Waals surface area contributed by atoms with Crippen molar-refractivity contribution in [1.29, 1.82) is 0 Å². The van der Waals surface area contributed by atoms with Crippen molar-refractivity contribution < 1.29 is 9.90 Å². The summed E-state index contributed by atoms with van der Waals surface area (Å²) < 4.78 is 0.908. The summed E-state index contributed by atoms with van der Waals surface area (Å²) in [4.78, 5) is 11.1. The van der Waals surface area contributed by atoms with Gasteiger partial charge >= 0.3 is 5.97 Å². The van der Waals surface area contributed by atoms with E-state index in [-0.39, 0.29) is 0 Å². The molecule has 0 aliphatic rings. The molecule has 1 rings (SSSR count). The molecule has 3 nitrogen and oxygen atoms in total. The van der Waals surface area contributed by atoms with Crippen LogP contribution in [0.1, 0.15) is 17.0 Å². The number of carboxylic acid groups (broad SMARTS) is 1. The third kappa shape index (κ3) is 3.04. The van der Waals surface area contributed by atoms with Gasteiger partial charge < -0.3 is 10.4 Å². The molecule has 0 radical (unpaired) electrons. The summed E-state index contributed by atoms with van der Waals surface area (Å²) in [5.41, 5.74) is 1.85. The molecule has 15 heavy (non-hydrogen) atoms. The van der Waals surface area contributed by atoms with E-state index in [4.69, 9.17) is 5.11 Å². The standard InChI is InChI=1S/C11H14BrNO2/c1-7-3-4-8(12)5-9(7)10(6-13-2)11(14)15/h3-5,10,13H,6H2,1-2H3,(H,14,15). The zero-order valence-electron chi connectivity index (χ0n) is 8.75. The van der Waals surface area contributed by atoms with Crippen LogP contribution in [0.15, 0.2) is 22.7 Å². The molecule has 1 aromatic rings. The number of halogens is 1. The maximum Gasteiger partial charge on any atom is 0.312 e. The van der Waals surface area contributed by atoms with Gasteiger partial charge in [0.15, 0.2) is 0 Å². The molecule has 0 spiro atoms. The first-order valence-corrected chi connectivity index (χ1v) is 5.49. The number of benzene rings is 1.